The lowest BCUT2D eigenvalue weighted by Gasteiger charge is -2.21. The summed E-state index contributed by atoms with van der Waals surface area (Å²) < 4.78 is 6.81. The lowest BCUT2D eigenvalue weighted by atomic mass is 10.1. The van der Waals surface area contributed by atoms with Crippen molar-refractivity contribution < 1.29 is 19.4 Å². The number of carbonyl (C=O) groups is 2. The average molecular weight is 345 g/mol. The molecule has 25 heavy (non-hydrogen) atoms. The molecule has 1 aromatic carbocycles. The second-order valence-corrected chi connectivity index (χ2v) is 6.74. The Labute approximate surface area is 146 Å². The number of aromatic nitrogens is 2. The quantitative estimate of drug-likeness (QED) is 0.868. The monoisotopic (exact) mass is 345 g/mol. The largest absolute Gasteiger partial charge is 0.497 e. The Kier molecular flexibility index (Phi) is 5.15. The normalized spacial score (nSPS) is 12.5. The highest BCUT2D eigenvalue weighted by molar-refractivity contribution is 5.97. The Bertz CT molecular complexity index is 773. The minimum absolute atomic E-state index is 0.273. The molecule has 0 spiro atoms. The minimum Gasteiger partial charge on any atom is -0.497 e. The molecule has 0 aliphatic rings. The topological polar surface area (TPSA) is 93.5 Å². The van der Waals surface area contributed by atoms with Crippen LogP contribution in [0, 0.1) is 6.92 Å². The van der Waals surface area contributed by atoms with Crippen molar-refractivity contribution in [3.8, 4) is 5.75 Å². The fraction of sp³-hybridized carbons (Fsp3) is 0.389. The summed E-state index contributed by atoms with van der Waals surface area (Å²) in [7, 11) is 1.53. The molecule has 7 nitrogen and oxygen atoms in total. The fourth-order valence-corrected chi connectivity index (χ4v) is 2.60. The molecule has 1 amide bonds. The van der Waals surface area contributed by atoms with E-state index >= 15 is 0 Å². The summed E-state index contributed by atoms with van der Waals surface area (Å²) in [5.74, 6) is -1.00. The number of nitrogens with zero attached hydrogens (tertiary/aromatic N) is 2. The van der Waals surface area contributed by atoms with Gasteiger partial charge < -0.3 is 15.2 Å². The van der Waals surface area contributed by atoms with E-state index in [4.69, 9.17) is 4.74 Å². The van der Waals surface area contributed by atoms with Gasteiger partial charge in [0.15, 0.2) is 6.04 Å². The van der Waals surface area contributed by atoms with Gasteiger partial charge in [-0.2, -0.15) is 5.10 Å². The maximum Gasteiger partial charge on any atom is 0.330 e. The van der Waals surface area contributed by atoms with E-state index in [0.29, 0.717) is 22.6 Å². The molecule has 1 aromatic heterocycles. The number of rotatable bonds is 5. The van der Waals surface area contributed by atoms with E-state index in [1.807, 2.05) is 20.8 Å². The molecular weight excluding hydrogens is 322 g/mol. The molecule has 7 heteroatoms. The Balaban J connectivity index is 2.26. The second kappa shape index (κ2) is 6.96. The number of hydrogen-bond acceptors (Lipinski definition) is 4. The standard InChI is InChI=1S/C18H23N3O4/c1-11-14(10-19-21(11)18(2,3)4)16(22)20-15(17(23)24)12-6-8-13(25-5)9-7-12/h6-10,15H,1-5H3,(H,20,22)(H,23,24). The lowest BCUT2D eigenvalue weighted by Crippen LogP contribution is -2.34. The maximum atomic E-state index is 12.6. The van der Waals surface area contributed by atoms with E-state index in [9.17, 15) is 14.7 Å². The number of hydrogen-bond donors (Lipinski definition) is 2. The van der Waals surface area contributed by atoms with Crippen LogP contribution in [0.25, 0.3) is 0 Å². The number of carboxylic acids is 1. The first-order chi connectivity index (χ1) is 11.6. The van der Waals surface area contributed by atoms with Crippen molar-refractivity contribution >= 4 is 11.9 Å². The van der Waals surface area contributed by atoms with Gasteiger partial charge in [0.2, 0.25) is 0 Å². The van der Waals surface area contributed by atoms with Crippen LogP contribution in [0.4, 0.5) is 0 Å². The Morgan fingerprint density at radius 1 is 1.24 bits per heavy atom. The third kappa shape index (κ3) is 3.99. The number of methoxy groups -OCH3 is 1. The van der Waals surface area contributed by atoms with Crippen molar-refractivity contribution in [2.75, 3.05) is 7.11 Å². The van der Waals surface area contributed by atoms with Crippen LogP contribution in [-0.2, 0) is 10.3 Å². The van der Waals surface area contributed by atoms with E-state index in [1.165, 1.54) is 13.3 Å². The van der Waals surface area contributed by atoms with Gasteiger partial charge in [-0.3, -0.25) is 9.48 Å². The molecule has 134 valence electrons. The van der Waals surface area contributed by atoms with Crippen molar-refractivity contribution in [3.05, 3.63) is 47.3 Å². The smallest absolute Gasteiger partial charge is 0.330 e. The summed E-state index contributed by atoms with van der Waals surface area (Å²) in [6.45, 7) is 7.72. The van der Waals surface area contributed by atoms with Crippen molar-refractivity contribution in [2.45, 2.75) is 39.3 Å². The van der Waals surface area contributed by atoms with Crippen molar-refractivity contribution in [1.29, 1.82) is 0 Å². The summed E-state index contributed by atoms with van der Waals surface area (Å²) in [5.41, 5.74) is 1.23. The summed E-state index contributed by atoms with van der Waals surface area (Å²) in [6.07, 6.45) is 1.46. The molecule has 1 atom stereocenters. The van der Waals surface area contributed by atoms with Crippen LogP contribution in [0.15, 0.2) is 30.5 Å². The van der Waals surface area contributed by atoms with E-state index in [0.717, 1.165) is 0 Å². The van der Waals surface area contributed by atoms with Gasteiger partial charge in [0, 0.05) is 5.69 Å². The van der Waals surface area contributed by atoms with Gasteiger partial charge in [0.05, 0.1) is 24.4 Å². The summed E-state index contributed by atoms with van der Waals surface area (Å²) in [6, 6.07) is 5.38. The summed E-state index contributed by atoms with van der Waals surface area (Å²) in [4.78, 5) is 24.2. The van der Waals surface area contributed by atoms with E-state index < -0.39 is 17.9 Å². The Hall–Kier alpha value is -2.83. The van der Waals surface area contributed by atoms with E-state index in [-0.39, 0.29) is 5.54 Å². The molecule has 0 saturated heterocycles. The van der Waals surface area contributed by atoms with Crippen molar-refractivity contribution in [3.63, 3.8) is 0 Å². The van der Waals surface area contributed by atoms with Gasteiger partial charge in [-0.25, -0.2) is 4.79 Å². The van der Waals surface area contributed by atoms with Crippen LogP contribution < -0.4 is 10.1 Å². The molecule has 2 aromatic rings. The molecule has 1 heterocycles. The van der Waals surface area contributed by atoms with Crippen LogP contribution in [-0.4, -0.2) is 33.9 Å². The van der Waals surface area contributed by atoms with Crippen LogP contribution in [0.5, 0.6) is 5.75 Å². The molecule has 0 saturated carbocycles. The van der Waals surface area contributed by atoms with Crippen LogP contribution >= 0.6 is 0 Å². The molecule has 0 fully saturated rings. The van der Waals surface area contributed by atoms with Crippen molar-refractivity contribution in [1.82, 2.24) is 15.1 Å². The Morgan fingerprint density at radius 2 is 1.84 bits per heavy atom. The summed E-state index contributed by atoms with van der Waals surface area (Å²) >= 11 is 0. The predicted octanol–water partition coefficient (Wildman–Crippen LogP) is 2.51. The van der Waals surface area contributed by atoms with Gasteiger partial charge in [-0.15, -0.1) is 0 Å². The first-order valence-electron chi connectivity index (χ1n) is 7.88. The molecule has 0 aliphatic heterocycles. The Morgan fingerprint density at radius 3 is 2.28 bits per heavy atom. The first-order valence-corrected chi connectivity index (χ1v) is 7.88. The highest BCUT2D eigenvalue weighted by Crippen LogP contribution is 2.21. The van der Waals surface area contributed by atoms with Crippen molar-refractivity contribution in [2.24, 2.45) is 0 Å². The molecular formula is C18H23N3O4. The first kappa shape index (κ1) is 18.5. The maximum absolute atomic E-state index is 12.6. The zero-order valence-electron chi connectivity index (χ0n) is 15.0. The highest BCUT2D eigenvalue weighted by atomic mass is 16.5. The number of ether oxygens (including phenoxy) is 1. The second-order valence-electron chi connectivity index (χ2n) is 6.74. The third-order valence-corrected chi connectivity index (χ3v) is 3.86. The van der Waals surface area contributed by atoms with Crippen LogP contribution in [0.1, 0.15) is 48.4 Å². The van der Waals surface area contributed by atoms with Crippen LogP contribution in [0.3, 0.4) is 0 Å². The SMILES string of the molecule is COc1ccc(C(NC(=O)c2cnn(C(C)(C)C)c2C)C(=O)O)cc1. The molecule has 0 aliphatic carbocycles. The number of amides is 1. The number of nitrogens with one attached hydrogen (secondary N) is 1. The average Bonchev–Trinajstić information content (AvgIpc) is 2.94. The molecule has 2 rings (SSSR count). The van der Waals surface area contributed by atoms with E-state index in [1.54, 1.807) is 35.9 Å². The molecule has 0 bridgehead atoms. The van der Waals surface area contributed by atoms with Gasteiger partial charge in [-0.1, -0.05) is 12.1 Å². The molecule has 0 radical (unpaired) electrons. The third-order valence-electron chi connectivity index (χ3n) is 3.86. The summed E-state index contributed by atoms with van der Waals surface area (Å²) in [5, 5.41) is 16.3. The lowest BCUT2D eigenvalue weighted by molar-refractivity contribution is -0.139. The molecule has 1 unspecified atom stereocenters. The molecule has 2 N–H and O–H groups in total. The number of carbonyl (C=O) groups excluding carboxylic acids is 1. The fourth-order valence-electron chi connectivity index (χ4n) is 2.60. The zero-order chi connectivity index (χ0) is 18.8. The van der Waals surface area contributed by atoms with Gasteiger partial charge >= 0.3 is 5.97 Å². The minimum atomic E-state index is -1.16. The number of carboxylic acid groups (broad SMARTS) is 1. The number of benzene rings is 1. The van der Waals surface area contributed by atoms with E-state index in [2.05, 4.69) is 10.4 Å². The highest BCUT2D eigenvalue weighted by Gasteiger charge is 2.26. The van der Waals surface area contributed by atoms with Gasteiger partial charge in [-0.05, 0) is 45.4 Å². The number of aliphatic carboxylic acids is 1. The van der Waals surface area contributed by atoms with Gasteiger partial charge in [0.25, 0.3) is 5.91 Å². The van der Waals surface area contributed by atoms with Crippen LogP contribution in [0.2, 0.25) is 0 Å². The zero-order valence-corrected chi connectivity index (χ0v) is 15.0. The van der Waals surface area contributed by atoms with Gasteiger partial charge in [0.1, 0.15) is 5.75 Å². The predicted molar refractivity (Wildman–Crippen MR) is 92.8 cm³/mol.